The van der Waals surface area contributed by atoms with Gasteiger partial charge in [-0.05, 0) is 12.1 Å². The summed E-state index contributed by atoms with van der Waals surface area (Å²) in [5.74, 6) is 0. The molecule has 0 spiro atoms. The van der Waals surface area contributed by atoms with Crippen LogP contribution in [-0.2, 0) is 9.22 Å². The zero-order valence-corrected chi connectivity index (χ0v) is 7.72. The largest absolute Gasteiger partial charge is 0.520 e. The van der Waals surface area contributed by atoms with Crippen LogP contribution in [-0.4, -0.2) is 15.5 Å². The molecule has 0 unspecified atom stereocenters. The van der Waals surface area contributed by atoms with Crippen molar-refractivity contribution in [3.63, 3.8) is 0 Å². The molecular formula is C7H15O2Si. The zero-order valence-electron chi connectivity index (χ0n) is 6.72. The molecular weight excluding hydrogens is 144 g/mol. The standard InChI is InChI=1S/C7H15O2Si/c1-3-5-10(6-4-2)9-7-8/h7H,3-6H2,1-2H3. The molecule has 0 amide bonds. The van der Waals surface area contributed by atoms with E-state index in [4.69, 9.17) is 4.43 Å². The summed E-state index contributed by atoms with van der Waals surface area (Å²) in [5.41, 5.74) is 0. The van der Waals surface area contributed by atoms with E-state index in [1.165, 1.54) is 0 Å². The van der Waals surface area contributed by atoms with Gasteiger partial charge < -0.3 is 4.43 Å². The van der Waals surface area contributed by atoms with E-state index in [0.717, 1.165) is 24.9 Å². The third-order valence-corrected chi connectivity index (χ3v) is 3.82. The lowest BCUT2D eigenvalue weighted by molar-refractivity contribution is -0.121. The summed E-state index contributed by atoms with van der Waals surface area (Å²) in [5, 5.41) is 0. The summed E-state index contributed by atoms with van der Waals surface area (Å²) in [4.78, 5) is 9.97. The van der Waals surface area contributed by atoms with E-state index >= 15 is 0 Å². The Morgan fingerprint density at radius 1 is 1.30 bits per heavy atom. The van der Waals surface area contributed by atoms with Crippen LogP contribution < -0.4 is 0 Å². The van der Waals surface area contributed by atoms with Crippen molar-refractivity contribution >= 4 is 15.5 Å². The molecule has 0 aromatic heterocycles. The molecule has 0 fully saturated rings. The van der Waals surface area contributed by atoms with Crippen LogP contribution in [0.5, 0.6) is 0 Å². The normalized spacial score (nSPS) is 9.90. The summed E-state index contributed by atoms with van der Waals surface area (Å²) in [6.45, 7) is 4.84. The molecule has 0 heterocycles. The van der Waals surface area contributed by atoms with Crippen LogP contribution in [0.1, 0.15) is 26.7 Å². The second kappa shape index (κ2) is 6.80. The number of carbonyl (C=O) groups is 1. The molecule has 0 saturated carbocycles. The first kappa shape index (κ1) is 9.69. The number of hydrogen-bond acceptors (Lipinski definition) is 2. The highest BCUT2D eigenvalue weighted by molar-refractivity contribution is 6.53. The predicted octanol–water partition coefficient (Wildman–Crippen LogP) is 1.97. The lowest BCUT2D eigenvalue weighted by Gasteiger charge is -2.08. The highest BCUT2D eigenvalue weighted by Gasteiger charge is 2.10. The summed E-state index contributed by atoms with van der Waals surface area (Å²) in [6, 6.07) is 2.19. The highest BCUT2D eigenvalue weighted by Crippen LogP contribution is 2.05. The summed E-state index contributed by atoms with van der Waals surface area (Å²) >= 11 is 0. The quantitative estimate of drug-likeness (QED) is 0.437. The van der Waals surface area contributed by atoms with E-state index in [1.807, 2.05) is 0 Å². The Bertz CT molecular complexity index is 79.7. The highest BCUT2D eigenvalue weighted by atomic mass is 28.3. The van der Waals surface area contributed by atoms with Gasteiger partial charge in [0.15, 0.2) is 0 Å². The summed E-state index contributed by atoms with van der Waals surface area (Å²) < 4.78 is 4.94. The predicted molar refractivity (Wildman–Crippen MR) is 43.1 cm³/mol. The average Bonchev–Trinajstić information content (AvgIpc) is 1.90. The van der Waals surface area contributed by atoms with Crippen LogP contribution in [0.15, 0.2) is 0 Å². The molecule has 0 aliphatic rings. The van der Waals surface area contributed by atoms with Crippen LogP contribution in [0.3, 0.4) is 0 Å². The maximum Gasteiger partial charge on any atom is 0.284 e. The average molecular weight is 159 g/mol. The van der Waals surface area contributed by atoms with Crippen molar-refractivity contribution in [2.45, 2.75) is 38.8 Å². The van der Waals surface area contributed by atoms with Gasteiger partial charge in [0.1, 0.15) is 0 Å². The van der Waals surface area contributed by atoms with Gasteiger partial charge in [-0.1, -0.05) is 26.7 Å². The molecule has 2 nitrogen and oxygen atoms in total. The molecule has 0 aromatic carbocycles. The first-order valence-corrected chi connectivity index (χ1v) is 5.62. The first-order valence-electron chi connectivity index (χ1n) is 3.80. The topological polar surface area (TPSA) is 26.3 Å². The minimum atomic E-state index is -0.765. The van der Waals surface area contributed by atoms with E-state index in [0.29, 0.717) is 6.47 Å². The van der Waals surface area contributed by atoms with Crippen LogP contribution in [0, 0.1) is 0 Å². The maximum absolute atomic E-state index is 9.97. The molecule has 0 aromatic rings. The monoisotopic (exact) mass is 159 g/mol. The Labute approximate surface area is 64.3 Å². The molecule has 0 bridgehead atoms. The van der Waals surface area contributed by atoms with Crippen molar-refractivity contribution in [2.24, 2.45) is 0 Å². The molecule has 0 N–H and O–H groups in total. The number of hydrogen-bond donors (Lipinski definition) is 0. The van der Waals surface area contributed by atoms with Crippen molar-refractivity contribution < 1.29 is 9.22 Å². The second-order valence-electron chi connectivity index (χ2n) is 2.25. The van der Waals surface area contributed by atoms with Crippen molar-refractivity contribution in [1.82, 2.24) is 0 Å². The van der Waals surface area contributed by atoms with Gasteiger partial charge >= 0.3 is 0 Å². The van der Waals surface area contributed by atoms with E-state index in [1.54, 1.807) is 0 Å². The summed E-state index contributed by atoms with van der Waals surface area (Å²) in [6.07, 6.45) is 2.25. The first-order chi connectivity index (χ1) is 4.85. The molecule has 0 aliphatic carbocycles. The maximum atomic E-state index is 9.97. The lowest BCUT2D eigenvalue weighted by Crippen LogP contribution is -2.15. The fourth-order valence-corrected chi connectivity index (χ4v) is 2.61. The molecule has 0 rings (SSSR count). The van der Waals surface area contributed by atoms with Gasteiger partial charge in [0.2, 0.25) is 0 Å². The Kier molecular flexibility index (Phi) is 6.59. The minimum Gasteiger partial charge on any atom is -0.520 e. The number of carbonyl (C=O) groups excluding carboxylic acids is 1. The third kappa shape index (κ3) is 4.55. The van der Waals surface area contributed by atoms with Crippen LogP contribution in [0.4, 0.5) is 0 Å². The molecule has 0 saturated heterocycles. The smallest absolute Gasteiger partial charge is 0.284 e. The van der Waals surface area contributed by atoms with Crippen molar-refractivity contribution in [3.05, 3.63) is 0 Å². The van der Waals surface area contributed by atoms with Crippen molar-refractivity contribution in [2.75, 3.05) is 0 Å². The SMILES string of the molecule is CCC[Si](CCC)OC=O. The Balaban J connectivity index is 3.38. The van der Waals surface area contributed by atoms with Gasteiger partial charge in [0, 0.05) is 0 Å². The fraction of sp³-hybridized carbons (Fsp3) is 0.857. The molecule has 59 valence electrons. The lowest BCUT2D eigenvalue weighted by atomic mass is 10.6. The van der Waals surface area contributed by atoms with Crippen molar-refractivity contribution in [1.29, 1.82) is 0 Å². The summed E-state index contributed by atoms with van der Waals surface area (Å²) in [7, 11) is -0.765. The van der Waals surface area contributed by atoms with Gasteiger partial charge in [-0.2, -0.15) is 0 Å². The van der Waals surface area contributed by atoms with Gasteiger partial charge in [0.05, 0.1) is 0 Å². The van der Waals surface area contributed by atoms with Crippen molar-refractivity contribution in [3.8, 4) is 0 Å². The van der Waals surface area contributed by atoms with Crippen LogP contribution >= 0.6 is 0 Å². The Morgan fingerprint density at radius 2 is 1.80 bits per heavy atom. The molecule has 10 heavy (non-hydrogen) atoms. The van der Waals surface area contributed by atoms with E-state index in [2.05, 4.69) is 13.8 Å². The van der Waals surface area contributed by atoms with Gasteiger partial charge in [-0.3, -0.25) is 4.79 Å². The Morgan fingerprint density at radius 3 is 2.10 bits per heavy atom. The second-order valence-corrected chi connectivity index (χ2v) is 4.57. The molecule has 1 radical (unpaired) electrons. The molecule has 3 heteroatoms. The van der Waals surface area contributed by atoms with E-state index in [-0.39, 0.29) is 0 Å². The zero-order chi connectivity index (χ0) is 7.82. The van der Waals surface area contributed by atoms with Gasteiger partial charge in [-0.25, -0.2) is 0 Å². The van der Waals surface area contributed by atoms with Gasteiger partial charge in [-0.15, -0.1) is 0 Å². The minimum absolute atomic E-state index is 0.597. The van der Waals surface area contributed by atoms with E-state index in [9.17, 15) is 4.79 Å². The van der Waals surface area contributed by atoms with Crippen LogP contribution in [0.2, 0.25) is 12.1 Å². The van der Waals surface area contributed by atoms with E-state index < -0.39 is 9.04 Å². The molecule has 0 aliphatic heterocycles. The van der Waals surface area contributed by atoms with Gasteiger partial charge in [0.25, 0.3) is 15.5 Å². The fourth-order valence-electron chi connectivity index (χ4n) is 0.869. The van der Waals surface area contributed by atoms with Crippen LogP contribution in [0.25, 0.3) is 0 Å². The third-order valence-electron chi connectivity index (χ3n) is 1.27. The Hall–Kier alpha value is -0.313. The number of rotatable bonds is 6. The molecule has 0 atom stereocenters.